The normalized spacial score (nSPS) is 16.9. The topological polar surface area (TPSA) is 24.5 Å². The Balaban J connectivity index is 1.85. The van der Waals surface area contributed by atoms with Crippen molar-refractivity contribution in [2.75, 3.05) is 33.3 Å². The number of piperazine rings is 1. The Labute approximate surface area is 157 Å². The summed E-state index contributed by atoms with van der Waals surface area (Å²) in [4.78, 5) is 3.86. The number of halogens is 1. The zero-order valence-electron chi connectivity index (χ0n) is 14.2. The van der Waals surface area contributed by atoms with Gasteiger partial charge in [0.1, 0.15) is 5.75 Å². The van der Waals surface area contributed by atoms with E-state index in [4.69, 9.17) is 16.3 Å². The number of hydrogen-bond donors (Lipinski definition) is 1. The van der Waals surface area contributed by atoms with Crippen molar-refractivity contribution in [1.82, 2.24) is 10.2 Å². The van der Waals surface area contributed by atoms with E-state index in [9.17, 15) is 0 Å². The molecule has 0 bridgehead atoms. The Bertz CT molecular complexity index is 840. The summed E-state index contributed by atoms with van der Waals surface area (Å²) in [6.07, 6.45) is 0. The van der Waals surface area contributed by atoms with E-state index in [1.807, 2.05) is 23.5 Å². The maximum atomic E-state index is 6.34. The fourth-order valence-electron chi connectivity index (χ4n) is 3.53. The van der Waals surface area contributed by atoms with Crippen LogP contribution in [0.15, 0.2) is 48.5 Å². The van der Waals surface area contributed by atoms with Crippen LogP contribution in [0.3, 0.4) is 0 Å². The number of methoxy groups -OCH3 is 1. The molecule has 0 spiro atoms. The van der Waals surface area contributed by atoms with Crippen molar-refractivity contribution in [2.24, 2.45) is 0 Å². The van der Waals surface area contributed by atoms with Crippen LogP contribution in [0.4, 0.5) is 0 Å². The summed E-state index contributed by atoms with van der Waals surface area (Å²) in [5.41, 5.74) is 1.14. The number of rotatable bonds is 4. The van der Waals surface area contributed by atoms with E-state index in [-0.39, 0.29) is 6.04 Å². The molecule has 0 radical (unpaired) electrons. The zero-order chi connectivity index (χ0) is 17.2. The van der Waals surface area contributed by atoms with Gasteiger partial charge in [0.15, 0.2) is 0 Å². The van der Waals surface area contributed by atoms with Gasteiger partial charge in [-0.25, -0.2) is 0 Å². The first-order valence-corrected chi connectivity index (χ1v) is 9.72. The van der Waals surface area contributed by atoms with Crippen LogP contribution in [0.5, 0.6) is 5.75 Å². The largest absolute Gasteiger partial charge is 0.496 e. The van der Waals surface area contributed by atoms with Crippen LogP contribution in [0.1, 0.15) is 16.5 Å². The summed E-state index contributed by atoms with van der Waals surface area (Å²) in [5, 5.41) is 5.49. The van der Waals surface area contributed by atoms with E-state index < -0.39 is 0 Å². The van der Waals surface area contributed by atoms with Crippen molar-refractivity contribution in [1.29, 1.82) is 0 Å². The predicted octanol–water partition coefficient (Wildman–Crippen LogP) is 4.56. The van der Waals surface area contributed by atoms with Gasteiger partial charge in [-0.05, 0) is 35.7 Å². The second-order valence-corrected chi connectivity index (χ2v) is 7.81. The summed E-state index contributed by atoms with van der Waals surface area (Å²) >= 11 is 8.20. The average Bonchev–Trinajstić information content (AvgIpc) is 3.06. The highest BCUT2D eigenvalue weighted by atomic mass is 35.5. The smallest absolute Gasteiger partial charge is 0.124 e. The average molecular weight is 373 g/mol. The minimum Gasteiger partial charge on any atom is -0.496 e. The van der Waals surface area contributed by atoms with Gasteiger partial charge in [-0.3, -0.25) is 4.90 Å². The van der Waals surface area contributed by atoms with Crippen molar-refractivity contribution in [3.63, 3.8) is 0 Å². The number of benzene rings is 2. The number of fused-ring (bicyclic) bond motifs is 1. The highest BCUT2D eigenvalue weighted by Gasteiger charge is 2.28. The lowest BCUT2D eigenvalue weighted by Gasteiger charge is -2.35. The van der Waals surface area contributed by atoms with Crippen LogP contribution < -0.4 is 10.1 Å². The van der Waals surface area contributed by atoms with E-state index >= 15 is 0 Å². The summed E-state index contributed by atoms with van der Waals surface area (Å²) in [6.45, 7) is 4.03. The quantitative estimate of drug-likeness (QED) is 0.726. The SMILES string of the molecule is COc1ccc(Cl)cc1C(c1cc2ccccc2s1)N1CCNCC1. The van der Waals surface area contributed by atoms with Gasteiger partial charge in [0.2, 0.25) is 0 Å². The predicted molar refractivity (Wildman–Crippen MR) is 106 cm³/mol. The van der Waals surface area contributed by atoms with Crippen molar-refractivity contribution in [3.05, 3.63) is 64.0 Å². The number of hydrogen-bond acceptors (Lipinski definition) is 4. The van der Waals surface area contributed by atoms with Crippen molar-refractivity contribution in [2.45, 2.75) is 6.04 Å². The molecule has 0 aliphatic carbocycles. The third-order valence-electron chi connectivity index (χ3n) is 4.72. The first-order chi connectivity index (χ1) is 12.3. The second-order valence-electron chi connectivity index (χ2n) is 6.26. The van der Waals surface area contributed by atoms with Gasteiger partial charge >= 0.3 is 0 Å². The molecule has 3 aromatic rings. The molecule has 2 aromatic carbocycles. The molecule has 0 amide bonds. The van der Waals surface area contributed by atoms with E-state index in [0.29, 0.717) is 0 Å². The van der Waals surface area contributed by atoms with Crippen molar-refractivity contribution >= 4 is 33.0 Å². The van der Waals surface area contributed by atoms with Crippen LogP contribution >= 0.6 is 22.9 Å². The maximum Gasteiger partial charge on any atom is 0.124 e. The summed E-state index contributed by atoms with van der Waals surface area (Å²) < 4.78 is 6.99. The lowest BCUT2D eigenvalue weighted by atomic mass is 10.0. The Hall–Kier alpha value is -1.59. The Morgan fingerprint density at radius 3 is 2.68 bits per heavy atom. The van der Waals surface area contributed by atoms with Crippen LogP contribution in [-0.2, 0) is 0 Å². The molecule has 0 saturated carbocycles. The van der Waals surface area contributed by atoms with E-state index in [2.05, 4.69) is 46.6 Å². The van der Waals surface area contributed by atoms with Crippen LogP contribution in [0.2, 0.25) is 5.02 Å². The molecule has 3 nitrogen and oxygen atoms in total. The highest BCUT2D eigenvalue weighted by molar-refractivity contribution is 7.19. The third-order valence-corrected chi connectivity index (χ3v) is 6.12. The lowest BCUT2D eigenvalue weighted by molar-refractivity contribution is 0.197. The Morgan fingerprint density at radius 2 is 1.92 bits per heavy atom. The fourth-order valence-corrected chi connectivity index (χ4v) is 4.93. The maximum absolute atomic E-state index is 6.34. The minimum atomic E-state index is 0.160. The molecular weight excluding hydrogens is 352 g/mol. The van der Waals surface area contributed by atoms with E-state index in [1.165, 1.54) is 15.0 Å². The molecule has 2 heterocycles. The summed E-state index contributed by atoms with van der Waals surface area (Å²) in [7, 11) is 1.73. The Kier molecular flexibility index (Phi) is 4.95. The number of ether oxygens (including phenoxy) is 1. The van der Waals surface area contributed by atoms with Gasteiger partial charge in [-0.1, -0.05) is 29.8 Å². The molecule has 1 unspecified atom stereocenters. The first kappa shape index (κ1) is 16.9. The molecule has 1 aromatic heterocycles. The van der Waals surface area contributed by atoms with E-state index in [0.717, 1.165) is 42.5 Å². The highest BCUT2D eigenvalue weighted by Crippen LogP contribution is 2.41. The first-order valence-electron chi connectivity index (χ1n) is 8.53. The molecule has 1 atom stereocenters. The van der Waals surface area contributed by atoms with Gasteiger partial charge in [-0.15, -0.1) is 11.3 Å². The third kappa shape index (κ3) is 3.40. The van der Waals surface area contributed by atoms with Crippen molar-refractivity contribution < 1.29 is 4.74 Å². The Morgan fingerprint density at radius 1 is 1.12 bits per heavy atom. The van der Waals surface area contributed by atoms with Gasteiger partial charge < -0.3 is 10.1 Å². The lowest BCUT2D eigenvalue weighted by Crippen LogP contribution is -2.45. The fraction of sp³-hybridized carbons (Fsp3) is 0.300. The standard InChI is InChI=1S/C20H21ClN2OS/c1-24-17-7-6-15(21)13-16(17)20(23-10-8-22-9-11-23)19-12-14-4-2-3-5-18(14)25-19/h2-7,12-13,20,22H,8-11H2,1H3. The molecule has 1 aliphatic rings. The summed E-state index contributed by atoms with van der Waals surface area (Å²) in [6, 6.07) is 17.0. The van der Waals surface area contributed by atoms with Gasteiger partial charge in [0.25, 0.3) is 0 Å². The minimum absolute atomic E-state index is 0.160. The van der Waals surface area contributed by atoms with Gasteiger partial charge in [-0.2, -0.15) is 0 Å². The molecule has 1 aliphatic heterocycles. The number of nitrogens with zero attached hydrogens (tertiary/aromatic N) is 1. The number of nitrogens with one attached hydrogen (secondary N) is 1. The van der Waals surface area contributed by atoms with Gasteiger partial charge in [0, 0.05) is 46.3 Å². The molecule has 4 rings (SSSR count). The van der Waals surface area contributed by atoms with E-state index in [1.54, 1.807) is 7.11 Å². The number of thiophene rings is 1. The van der Waals surface area contributed by atoms with Crippen LogP contribution in [-0.4, -0.2) is 38.2 Å². The molecule has 25 heavy (non-hydrogen) atoms. The molecule has 130 valence electrons. The zero-order valence-corrected chi connectivity index (χ0v) is 15.7. The van der Waals surface area contributed by atoms with Crippen molar-refractivity contribution in [3.8, 4) is 5.75 Å². The monoisotopic (exact) mass is 372 g/mol. The molecule has 5 heteroatoms. The summed E-state index contributed by atoms with van der Waals surface area (Å²) in [5.74, 6) is 0.894. The molecule has 1 saturated heterocycles. The molecule has 1 N–H and O–H groups in total. The van der Waals surface area contributed by atoms with Gasteiger partial charge in [0.05, 0.1) is 13.2 Å². The molecular formula is C20H21ClN2OS. The second kappa shape index (κ2) is 7.34. The van der Waals surface area contributed by atoms with Crippen LogP contribution in [0.25, 0.3) is 10.1 Å². The molecule has 1 fully saturated rings. The van der Waals surface area contributed by atoms with Crippen LogP contribution in [0, 0.1) is 0 Å².